The quantitative estimate of drug-likeness (QED) is 0.868. The molecular weight excluding hydrogens is 286 g/mol. The van der Waals surface area contributed by atoms with E-state index in [1.54, 1.807) is 0 Å². The van der Waals surface area contributed by atoms with E-state index in [1.807, 2.05) is 0 Å². The maximum absolute atomic E-state index is 12.0. The number of hydrogen-bond acceptors (Lipinski definition) is 2. The van der Waals surface area contributed by atoms with Crippen LogP contribution < -0.4 is 5.32 Å². The zero-order valence-electron chi connectivity index (χ0n) is 13.1. The van der Waals surface area contributed by atoms with E-state index in [4.69, 9.17) is 4.74 Å². The molecule has 1 heterocycles. The molecule has 0 aromatic heterocycles. The molecule has 2 saturated carbocycles. The predicted octanol–water partition coefficient (Wildman–Crippen LogP) is 3.33. The van der Waals surface area contributed by atoms with Crippen molar-refractivity contribution in [3.05, 3.63) is 58.9 Å². The summed E-state index contributed by atoms with van der Waals surface area (Å²) < 4.78 is 6.18. The number of ether oxygens (including phenoxy) is 1. The van der Waals surface area contributed by atoms with Gasteiger partial charge in [0.25, 0.3) is 0 Å². The first-order valence-electron chi connectivity index (χ1n) is 8.77. The fourth-order valence-corrected chi connectivity index (χ4v) is 3.96. The molecule has 1 N–H and O–H groups in total. The second-order valence-corrected chi connectivity index (χ2v) is 7.17. The third-order valence-corrected chi connectivity index (χ3v) is 5.43. The number of nitrogens with one attached hydrogen (secondary N) is 1. The number of fused-ring (bicyclic) bond motifs is 1. The van der Waals surface area contributed by atoms with Gasteiger partial charge in [0.15, 0.2) is 0 Å². The van der Waals surface area contributed by atoms with Crippen LogP contribution in [0.3, 0.4) is 0 Å². The molecule has 4 aliphatic carbocycles. The van der Waals surface area contributed by atoms with Crippen LogP contribution in [0.25, 0.3) is 0 Å². The van der Waals surface area contributed by atoms with Crippen molar-refractivity contribution >= 4 is 5.91 Å². The molecule has 0 aromatic carbocycles. The lowest BCUT2D eigenvalue weighted by Crippen LogP contribution is -2.30. The van der Waals surface area contributed by atoms with E-state index in [1.165, 1.54) is 16.7 Å². The second kappa shape index (κ2) is 4.98. The molecular formula is C20H21NO2. The van der Waals surface area contributed by atoms with Gasteiger partial charge < -0.3 is 10.1 Å². The van der Waals surface area contributed by atoms with Gasteiger partial charge in [0, 0.05) is 23.5 Å². The molecule has 3 nitrogen and oxygen atoms in total. The van der Waals surface area contributed by atoms with E-state index in [-0.39, 0.29) is 12.0 Å². The van der Waals surface area contributed by atoms with Crippen molar-refractivity contribution in [1.29, 1.82) is 0 Å². The number of carbonyl (C=O) groups is 1. The Bertz CT molecular complexity index is 718. The predicted molar refractivity (Wildman–Crippen MR) is 88.3 cm³/mol. The lowest BCUT2D eigenvalue weighted by molar-refractivity contribution is -0.122. The maximum Gasteiger partial charge on any atom is 0.223 e. The topological polar surface area (TPSA) is 38.3 Å². The van der Waals surface area contributed by atoms with Crippen molar-refractivity contribution in [3.8, 4) is 0 Å². The van der Waals surface area contributed by atoms with Gasteiger partial charge in [-0.3, -0.25) is 4.79 Å². The Morgan fingerprint density at radius 3 is 3.00 bits per heavy atom. The highest BCUT2D eigenvalue weighted by Crippen LogP contribution is 2.49. The number of carbonyl (C=O) groups excluding carboxylic acids is 1. The summed E-state index contributed by atoms with van der Waals surface area (Å²) in [6.45, 7) is 0. The minimum absolute atomic E-state index is 0.0388. The summed E-state index contributed by atoms with van der Waals surface area (Å²) in [5, 5.41) is 3.26. The van der Waals surface area contributed by atoms with Crippen LogP contribution in [0.2, 0.25) is 0 Å². The molecule has 0 radical (unpaired) electrons. The molecule has 1 aliphatic heterocycles. The van der Waals surface area contributed by atoms with Crippen LogP contribution in [0.1, 0.15) is 32.1 Å². The Morgan fingerprint density at radius 1 is 1.22 bits per heavy atom. The number of rotatable bonds is 3. The summed E-state index contributed by atoms with van der Waals surface area (Å²) in [5.74, 6) is 2.07. The first-order chi connectivity index (χ1) is 11.3. The summed E-state index contributed by atoms with van der Waals surface area (Å²) in [4.78, 5) is 12.0. The van der Waals surface area contributed by atoms with Crippen LogP contribution in [-0.2, 0) is 9.53 Å². The van der Waals surface area contributed by atoms with Gasteiger partial charge in [0.05, 0.1) is 0 Å². The van der Waals surface area contributed by atoms with Crippen LogP contribution in [0.15, 0.2) is 58.9 Å². The summed E-state index contributed by atoms with van der Waals surface area (Å²) in [6.07, 6.45) is 18.2. The minimum atomic E-state index is 0.0388. The van der Waals surface area contributed by atoms with Gasteiger partial charge in [-0.2, -0.15) is 0 Å². The highest BCUT2D eigenvalue weighted by atomic mass is 16.5. The van der Waals surface area contributed by atoms with Crippen LogP contribution in [-0.4, -0.2) is 18.1 Å². The molecule has 3 atom stereocenters. The molecule has 0 spiro atoms. The van der Waals surface area contributed by atoms with Crippen LogP contribution in [0, 0.1) is 11.8 Å². The lowest BCUT2D eigenvalue weighted by Gasteiger charge is -2.32. The van der Waals surface area contributed by atoms with Crippen molar-refractivity contribution < 1.29 is 9.53 Å². The van der Waals surface area contributed by atoms with Gasteiger partial charge in [-0.15, -0.1) is 0 Å². The van der Waals surface area contributed by atoms with Crippen molar-refractivity contribution in [2.45, 2.75) is 44.2 Å². The largest absolute Gasteiger partial charge is 0.481 e. The molecule has 0 aromatic rings. The average molecular weight is 307 g/mol. The SMILES string of the molecule is O=C(N[C@@H]1C[C@H]1C1=C2C=CC=CC2OC2=C1CCC=C2)C1CC1. The zero-order valence-corrected chi connectivity index (χ0v) is 13.1. The van der Waals surface area contributed by atoms with Gasteiger partial charge in [0.1, 0.15) is 11.9 Å². The first kappa shape index (κ1) is 13.4. The Balaban J connectivity index is 1.46. The van der Waals surface area contributed by atoms with Crippen LogP contribution >= 0.6 is 0 Å². The number of amides is 1. The van der Waals surface area contributed by atoms with Gasteiger partial charge in [-0.1, -0.05) is 24.3 Å². The van der Waals surface area contributed by atoms with Crippen LogP contribution in [0.5, 0.6) is 0 Å². The Kier molecular flexibility index (Phi) is 2.91. The van der Waals surface area contributed by atoms with Crippen molar-refractivity contribution in [3.63, 3.8) is 0 Å². The molecule has 23 heavy (non-hydrogen) atoms. The molecule has 0 saturated heterocycles. The van der Waals surface area contributed by atoms with E-state index in [9.17, 15) is 4.79 Å². The van der Waals surface area contributed by atoms with Gasteiger partial charge in [-0.05, 0) is 55.4 Å². The Morgan fingerprint density at radius 2 is 2.13 bits per heavy atom. The van der Waals surface area contributed by atoms with Crippen molar-refractivity contribution in [2.24, 2.45) is 11.8 Å². The fourth-order valence-electron chi connectivity index (χ4n) is 3.96. The summed E-state index contributed by atoms with van der Waals surface area (Å²) in [7, 11) is 0. The number of hydrogen-bond donors (Lipinski definition) is 1. The molecule has 2 fully saturated rings. The van der Waals surface area contributed by atoms with Gasteiger partial charge in [0.2, 0.25) is 5.91 Å². The lowest BCUT2D eigenvalue weighted by atomic mass is 9.83. The maximum atomic E-state index is 12.0. The molecule has 5 aliphatic rings. The monoisotopic (exact) mass is 307 g/mol. The van der Waals surface area contributed by atoms with Crippen molar-refractivity contribution in [2.75, 3.05) is 0 Å². The Labute approximate surface area is 136 Å². The van der Waals surface area contributed by atoms with E-state index >= 15 is 0 Å². The van der Waals surface area contributed by atoms with E-state index in [2.05, 4.69) is 41.8 Å². The summed E-state index contributed by atoms with van der Waals surface area (Å²) >= 11 is 0. The summed E-state index contributed by atoms with van der Waals surface area (Å²) in [5.41, 5.74) is 4.11. The Hall–Kier alpha value is -2.03. The minimum Gasteiger partial charge on any atom is -0.481 e. The van der Waals surface area contributed by atoms with Crippen molar-refractivity contribution in [1.82, 2.24) is 5.32 Å². The molecule has 118 valence electrons. The molecule has 1 amide bonds. The average Bonchev–Trinajstić information content (AvgIpc) is 3.47. The normalized spacial score (nSPS) is 34.0. The van der Waals surface area contributed by atoms with E-state index < -0.39 is 0 Å². The second-order valence-electron chi connectivity index (χ2n) is 7.17. The summed E-state index contributed by atoms with van der Waals surface area (Å²) in [6, 6.07) is 0.323. The standard InChI is InChI=1S/C20H21NO2/c22-20(12-9-10-12)21-16-11-15(16)19-13-5-1-3-7-17(13)23-18-8-4-2-6-14(18)19/h1,3-5,7-8,12,15-17H,2,6,9-11H2,(H,21,22)/t15-,16-,17?/m1/s1. The molecule has 5 rings (SSSR count). The highest BCUT2D eigenvalue weighted by molar-refractivity contribution is 5.81. The molecule has 0 bridgehead atoms. The third kappa shape index (κ3) is 2.30. The molecule has 3 heteroatoms. The zero-order chi connectivity index (χ0) is 15.4. The number of allylic oxidation sites excluding steroid dienone is 5. The van der Waals surface area contributed by atoms with E-state index in [0.717, 1.165) is 37.9 Å². The van der Waals surface area contributed by atoms with E-state index in [0.29, 0.717) is 17.9 Å². The fraction of sp³-hybridized carbons (Fsp3) is 0.450. The highest BCUT2D eigenvalue weighted by Gasteiger charge is 2.47. The first-order valence-corrected chi connectivity index (χ1v) is 8.77. The third-order valence-electron chi connectivity index (χ3n) is 5.43. The van der Waals surface area contributed by atoms with Gasteiger partial charge >= 0.3 is 0 Å². The smallest absolute Gasteiger partial charge is 0.223 e. The van der Waals surface area contributed by atoms with Crippen LogP contribution in [0.4, 0.5) is 0 Å². The molecule has 1 unspecified atom stereocenters. The van der Waals surface area contributed by atoms with Gasteiger partial charge in [-0.25, -0.2) is 0 Å².